The van der Waals surface area contributed by atoms with Crippen LogP contribution in [0.5, 0.6) is 0 Å². The van der Waals surface area contributed by atoms with Crippen molar-refractivity contribution >= 4 is 29.1 Å². The third kappa shape index (κ3) is 3.91. The summed E-state index contributed by atoms with van der Waals surface area (Å²) < 4.78 is 1.74. The first-order valence-electron chi connectivity index (χ1n) is 9.59. The molecule has 3 aromatic rings. The Morgan fingerprint density at radius 3 is 2.54 bits per heavy atom. The van der Waals surface area contributed by atoms with Crippen molar-refractivity contribution in [3.05, 3.63) is 66.0 Å². The lowest BCUT2D eigenvalue weighted by atomic mass is 9.86. The third-order valence-corrected chi connectivity index (χ3v) is 5.66. The number of carbonyl (C=O) groups is 1. The number of aryl methyl sites for hydroxylation is 1. The van der Waals surface area contributed by atoms with Gasteiger partial charge in [-0.25, -0.2) is 0 Å². The Labute approximate surface area is 172 Å². The summed E-state index contributed by atoms with van der Waals surface area (Å²) in [7, 11) is 3.70. The zero-order valence-corrected chi connectivity index (χ0v) is 17.2. The van der Waals surface area contributed by atoms with Crippen LogP contribution >= 0.6 is 12.4 Å². The first kappa shape index (κ1) is 20.4. The van der Waals surface area contributed by atoms with Crippen LogP contribution in [0.4, 0.5) is 0 Å². The number of amides is 1. The molecule has 28 heavy (non-hydrogen) atoms. The van der Waals surface area contributed by atoms with Gasteiger partial charge in [0.05, 0.1) is 6.20 Å². The molecule has 1 fully saturated rings. The van der Waals surface area contributed by atoms with Crippen molar-refractivity contribution in [2.45, 2.75) is 24.8 Å². The Balaban J connectivity index is 0.00000225. The number of aromatic nitrogens is 2. The molecule has 148 valence electrons. The molecule has 0 aliphatic carbocycles. The van der Waals surface area contributed by atoms with E-state index in [0.29, 0.717) is 5.92 Å². The number of carbonyl (C=O) groups excluding carboxylic acids is 1. The van der Waals surface area contributed by atoms with E-state index in [2.05, 4.69) is 52.9 Å². The third-order valence-electron chi connectivity index (χ3n) is 5.66. The summed E-state index contributed by atoms with van der Waals surface area (Å²) in [5.74, 6) is 0.647. The number of halogens is 1. The van der Waals surface area contributed by atoms with Crippen LogP contribution in [0.25, 0.3) is 10.8 Å². The summed E-state index contributed by atoms with van der Waals surface area (Å²) in [6.07, 6.45) is 5.68. The summed E-state index contributed by atoms with van der Waals surface area (Å²) in [6.45, 7) is 1.59. The number of benzene rings is 2. The van der Waals surface area contributed by atoms with Crippen molar-refractivity contribution in [3.63, 3.8) is 0 Å². The van der Waals surface area contributed by atoms with Gasteiger partial charge in [-0.05, 0) is 42.1 Å². The maximum atomic E-state index is 13.0. The van der Waals surface area contributed by atoms with Crippen molar-refractivity contribution in [2.75, 3.05) is 20.1 Å². The van der Waals surface area contributed by atoms with E-state index in [4.69, 9.17) is 0 Å². The molecule has 1 N–H and O–H groups in total. The van der Waals surface area contributed by atoms with Crippen molar-refractivity contribution < 1.29 is 4.79 Å². The Hall–Kier alpha value is -2.37. The molecule has 2 heterocycles. The van der Waals surface area contributed by atoms with Gasteiger partial charge < -0.3 is 10.2 Å². The number of piperidine rings is 1. The van der Waals surface area contributed by atoms with E-state index in [1.165, 1.54) is 16.3 Å². The highest BCUT2D eigenvalue weighted by Gasteiger charge is 2.30. The summed E-state index contributed by atoms with van der Waals surface area (Å²) in [6, 6.07) is 14.8. The first-order valence-corrected chi connectivity index (χ1v) is 9.59. The standard InChI is InChI=1S/C22H26N4O.ClH/c1-23-21(18-14-24-25(2)15-18)22(27)26-12-10-17(11-13-26)20-9-5-7-16-6-3-4-8-19(16)20;/h3-9,14-15,17,21,23H,10-13H2,1-2H3;1H. The fourth-order valence-electron chi connectivity index (χ4n) is 4.22. The number of nitrogens with zero attached hydrogens (tertiary/aromatic N) is 3. The lowest BCUT2D eigenvalue weighted by Gasteiger charge is -2.34. The number of likely N-dealkylation sites (N-methyl/N-ethyl adjacent to an activating group) is 1. The predicted octanol–water partition coefficient (Wildman–Crippen LogP) is 3.66. The van der Waals surface area contributed by atoms with Crippen LogP contribution < -0.4 is 5.32 Å². The largest absolute Gasteiger partial charge is 0.341 e. The molecule has 0 bridgehead atoms. The highest BCUT2D eigenvalue weighted by molar-refractivity contribution is 5.86. The zero-order valence-electron chi connectivity index (χ0n) is 16.3. The first-order chi connectivity index (χ1) is 13.2. The van der Waals surface area contributed by atoms with Crippen LogP contribution in [0.15, 0.2) is 54.9 Å². The van der Waals surface area contributed by atoms with E-state index in [-0.39, 0.29) is 24.4 Å². The van der Waals surface area contributed by atoms with Gasteiger partial charge in [-0.15, -0.1) is 12.4 Å². The molecule has 1 aliphatic heterocycles. The van der Waals surface area contributed by atoms with E-state index in [1.54, 1.807) is 10.9 Å². The van der Waals surface area contributed by atoms with E-state index in [1.807, 2.05) is 25.2 Å². The smallest absolute Gasteiger partial charge is 0.244 e. The van der Waals surface area contributed by atoms with Crippen LogP contribution in [0.1, 0.15) is 35.9 Å². The van der Waals surface area contributed by atoms with Gasteiger partial charge in [-0.2, -0.15) is 5.10 Å². The molecule has 1 aliphatic rings. The highest BCUT2D eigenvalue weighted by atomic mass is 35.5. The average molecular weight is 399 g/mol. The molecule has 1 unspecified atom stereocenters. The molecule has 0 spiro atoms. The second-order valence-corrected chi connectivity index (χ2v) is 7.34. The maximum absolute atomic E-state index is 13.0. The summed E-state index contributed by atoms with van der Waals surface area (Å²) >= 11 is 0. The van der Waals surface area contributed by atoms with Gasteiger partial charge in [0.2, 0.25) is 5.91 Å². The molecular formula is C22H27ClN4O. The Bertz CT molecular complexity index is 941. The Morgan fingerprint density at radius 1 is 1.14 bits per heavy atom. The van der Waals surface area contributed by atoms with Gasteiger partial charge in [-0.3, -0.25) is 9.48 Å². The number of nitrogens with one attached hydrogen (secondary N) is 1. The Kier molecular flexibility index (Phi) is 6.37. The van der Waals surface area contributed by atoms with E-state index in [9.17, 15) is 4.79 Å². The lowest BCUT2D eigenvalue weighted by molar-refractivity contribution is -0.134. The fraction of sp³-hybridized carbons (Fsp3) is 0.364. The molecule has 1 amide bonds. The van der Waals surface area contributed by atoms with Crippen molar-refractivity contribution in [1.29, 1.82) is 0 Å². The lowest BCUT2D eigenvalue weighted by Crippen LogP contribution is -2.43. The number of likely N-dealkylation sites (tertiary alicyclic amines) is 1. The second-order valence-electron chi connectivity index (χ2n) is 7.34. The maximum Gasteiger partial charge on any atom is 0.244 e. The molecule has 0 radical (unpaired) electrons. The van der Waals surface area contributed by atoms with Gasteiger partial charge in [0.1, 0.15) is 6.04 Å². The van der Waals surface area contributed by atoms with Crippen LogP contribution in [0.3, 0.4) is 0 Å². The summed E-state index contributed by atoms with van der Waals surface area (Å²) in [5.41, 5.74) is 2.33. The van der Waals surface area contributed by atoms with Crippen LogP contribution in [-0.2, 0) is 11.8 Å². The molecular weight excluding hydrogens is 372 g/mol. The van der Waals surface area contributed by atoms with E-state index >= 15 is 0 Å². The molecule has 4 rings (SSSR count). The van der Waals surface area contributed by atoms with Crippen LogP contribution in [0.2, 0.25) is 0 Å². The minimum absolute atomic E-state index is 0. The molecule has 6 heteroatoms. The van der Waals surface area contributed by atoms with Gasteiger partial charge in [-0.1, -0.05) is 42.5 Å². The normalized spacial score (nSPS) is 16.0. The van der Waals surface area contributed by atoms with E-state index < -0.39 is 0 Å². The number of fused-ring (bicyclic) bond motifs is 1. The van der Waals surface area contributed by atoms with Gasteiger partial charge in [0.15, 0.2) is 0 Å². The average Bonchev–Trinajstić information content (AvgIpc) is 3.14. The van der Waals surface area contributed by atoms with Crippen molar-refractivity contribution in [2.24, 2.45) is 7.05 Å². The number of hydrogen-bond donors (Lipinski definition) is 1. The van der Waals surface area contributed by atoms with E-state index in [0.717, 1.165) is 31.5 Å². The van der Waals surface area contributed by atoms with Crippen LogP contribution in [0, 0.1) is 0 Å². The fourth-order valence-corrected chi connectivity index (χ4v) is 4.22. The van der Waals surface area contributed by atoms with Gasteiger partial charge >= 0.3 is 0 Å². The molecule has 5 nitrogen and oxygen atoms in total. The minimum atomic E-state index is -0.326. The zero-order chi connectivity index (χ0) is 18.8. The van der Waals surface area contributed by atoms with Gasteiger partial charge in [0, 0.05) is 31.9 Å². The minimum Gasteiger partial charge on any atom is -0.341 e. The van der Waals surface area contributed by atoms with Crippen LogP contribution in [-0.4, -0.2) is 40.7 Å². The quantitative estimate of drug-likeness (QED) is 0.729. The van der Waals surface area contributed by atoms with Crippen molar-refractivity contribution in [3.8, 4) is 0 Å². The summed E-state index contributed by atoms with van der Waals surface area (Å²) in [4.78, 5) is 15.0. The molecule has 1 atom stereocenters. The number of hydrogen-bond acceptors (Lipinski definition) is 3. The topological polar surface area (TPSA) is 50.2 Å². The molecule has 1 aromatic heterocycles. The molecule has 2 aromatic carbocycles. The molecule has 1 saturated heterocycles. The highest BCUT2D eigenvalue weighted by Crippen LogP contribution is 2.33. The summed E-state index contributed by atoms with van der Waals surface area (Å²) in [5, 5.41) is 9.98. The SMILES string of the molecule is CNC(C(=O)N1CCC(c2cccc3ccccc23)CC1)c1cnn(C)c1.Cl. The molecule has 0 saturated carbocycles. The second kappa shape index (κ2) is 8.76. The Morgan fingerprint density at radius 2 is 1.86 bits per heavy atom. The van der Waals surface area contributed by atoms with Gasteiger partial charge in [0.25, 0.3) is 0 Å². The van der Waals surface area contributed by atoms with Crippen molar-refractivity contribution in [1.82, 2.24) is 20.0 Å². The number of rotatable bonds is 4. The predicted molar refractivity (Wildman–Crippen MR) is 115 cm³/mol. The monoisotopic (exact) mass is 398 g/mol.